The lowest BCUT2D eigenvalue weighted by Gasteiger charge is -2.24. The first-order chi connectivity index (χ1) is 15.6. The molecule has 0 aliphatic carbocycles. The van der Waals surface area contributed by atoms with Crippen LogP contribution in [0.4, 0.5) is 0 Å². The van der Waals surface area contributed by atoms with E-state index in [9.17, 15) is 43.5 Å². The van der Waals surface area contributed by atoms with Gasteiger partial charge in [-0.25, -0.2) is 4.79 Å². The SMILES string of the molecule is NC(=O)CCC(NC(=O)C(CC(N)=O)NC(=O)C(CC(N)=O)NC(=O)C(N)CC(=O)O)C(=O)O. The van der Waals surface area contributed by atoms with Crippen molar-refractivity contribution < 1.29 is 48.6 Å². The molecule has 0 aromatic heterocycles. The van der Waals surface area contributed by atoms with Gasteiger partial charge in [0.2, 0.25) is 35.4 Å². The monoisotopic (exact) mass is 489 g/mol. The van der Waals surface area contributed by atoms with Crippen LogP contribution in [0.3, 0.4) is 0 Å². The van der Waals surface area contributed by atoms with E-state index in [1.807, 2.05) is 16.0 Å². The van der Waals surface area contributed by atoms with Crippen molar-refractivity contribution in [3.8, 4) is 0 Å². The molecule has 13 N–H and O–H groups in total. The third-order valence-electron chi connectivity index (χ3n) is 4.10. The second-order valence-electron chi connectivity index (χ2n) is 7.07. The van der Waals surface area contributed by atoms with Crippen molar-refractivity contribution >= 4 is 47.4 Å². The molecular formula is C17H27N7O10. The van der Waals surface area contributed by atoms with Crippen LogP contribution < -0.4 is 38.9 Å². The zero-order valence-corrected chi connectivity index (χ0v) is 17.8. The second kappa shape index (κ2) is 14.0. The Bertz CT molecular complexity index is 847. The molecule has 17 nitrogen and oxygen atoms in total. The molecule has 0 spiro atoms. The lowest BCUT2D eigenvalue weighted by Crippen LogP contribution is -2.58. The first-order valence-corrected chi connectivity index (χ1v) is 9.60. The number of amides is 6. The minimum atomic E-state index is -1.75. The van der Waals surface area contributed by atoms with Crippen LogP contribution in [0.2, 0.25) is 0 Å². The number of carboxylic acid groups (broad SMARTS) is 2. The van der Waals surface area contributed by atoms with Crippen molar-refractivity contribution in [1.82, 2.24) is 16.0 Å². The summed E-state index contributed by atoms with van der Waals surface area (Å²) in [5, 5.41) is 23.9. The second-order valence-corrected chi connectivity index (χ2v) is 7.07. The van der Waals surface area contributed by atoms with Gasteiger partial charge in [0.15, 0.2) is 0 Å². The van der Waals surface area contributed by atoms with Gasteiger partial charge in [-0.3, -0.25) is 33.6 Å². The molecule has 0 saturated heterocycles. The molecule has 0 bridgehead atoms. The van der Waals surface area contributed by atoms with Crippen LogP contribution in [0.25, 0.3) is 0 Å². The molecule has 0 aromatic carbocycles. The van der Waals surface area contributed by atoms with Crippen molar-refractivity contribution in [3.05, 3.63) is 0 Å². The number of rotatable bonds is 16. The minimum absolute atomic E-state index is 0.393. The Kier molecular flexibility index (Phi) is 12.2. The van der Waals surface area contributed by atoms with Crippen LogP contribution in [0, 0.1) is 0 Å². The third-order valence-corrected chi connectivity index (χ3v) is 4.10. The van der Waals surface area contributed by atoms with Crippen LogP contribution in [-0.4, -0.2) is 81.8 Å². The number of carbonyl (C=O) groups is 8. The summed E-state index contributed by atoms with van der Waals surface area (Å²) in [4.78, 5) is 92.6. The molecule has 0 aliphatic heterocycles. The smallest absolute Gasteiger partial charge is 0.326 e. The average molecular weight is 489 g/mol. The Hall–Kier alpha value is -4.28. The molecule has 0 radical (unpaired) electrons. The third kappa shape index (κ3) is 11.9. The molecule has 4 unspecified atom stereocenters. The standard InChI is InChI=1S/C17H27N7O10/c18-6(3-13(28)29)14(30)23-8(4-11(20)26)16(32)24-9(5-12(21)27)15(31)22-7(17(33)34)1-2-10(19)25/h6-9H,1-5,18H2,(H2,19,25)(H2,20,26)(H2,21,27)(H,22,31)(H,23,30)(H,24,32)(H,28,29)(H,33,34). The number of nitrogens with two attached hydrogens (primary N) is 4. The van der Waals surface area contributed by atoms with Crippen LogP contribution in [0.15, 0.2) is 0 Å². The van der Waals surface area contributed by atoms with Crippen molar-refractivity contribution in [3.63, 3.8) is 0 Å². The van der Waals surface area contributed by atoms with Crippen molar-refractivity contribution in [1.29, 1.82) is 0 Å². The van der Waals surface area contributed by atoms with Gasteiger partial charge in [0.25, 0.3) is 0 Å². The fourth-order valence-electron chi connectivity index (χ4n) is 2.47. The molecule has 34 heavy (non-hydrogen) atoms. The first kappa shape index (κ1) is 29.7. The number of carbonyl (C=O) groups excluding carboxylic acids is 6. The van der Waals surface area contributed by atoms with Gasteiger partial charge in [-0.15, -0.1) is 0 Å². The highest BCUT2D eigenvalue weighted by molar-refractivity contribution is 5.98. The van der Waals surface area contributed by atoms with E-state index in [0.29, 0.717) is 0 Å². The predicted molar refractivity (Wildman–Crippen MR) is 110 cm³/mol. The lowest BCUT2D eigenvalue weighted by molar-refractivity contribution is -0.143. The number of hydrogen-bond donors (Lipinski definition) is 9. The van der Waals surface area contributed by atoms with E-state index in [2.05, 4.69) is 0 Å². The fraction of sp³-hybridized carbons (Fsp3) is 0.529. The van der Waals surface area contributed by atoms with Gasteiger partial charge in [0.1, 0.15) is 18.1 Å². The topological polar surface area (TPSA) is 317 Å². The van der Waals surface area contributed by atoms with E-state index in [0.717, 1.165) is 0 Å². The zero-order valence-electron chi connectivity index (χ0n) is 17.8. The molecule has 0 heterocycles. The maximum absolute atomic E-state index is 12.6. The first-order valence-electron chi connectivity index (χ1n) is 9.60. The molecule has 17 heteroatoms. The largest absolute Gasteiger partial charge is 0.481 e. The summed E-state index contributed by atoms with van der Waals surface area (Å²) in [5.74, 6) is -9.46. The Labute approximate surface area is 191 Å². The number of carboxylic acids is 2. The van der Waals surface area contributed by atoms with Gasteiger partial charge in [-0.1, -0.05) is 0 Å². The molecule has 190 valence electrons. The maximum Gasteiger partial charge on any atom is 0.326 e. The van der Waals surface area contributed by atoms with Crippen LogP contribution in [0.5, 0.6) is 0 Å². The lowest BCUT2D eigenvalue weighted by atomic mass is 10.1. The summed E-state index contributed by atoms with van der Waals surface area (Å²) in [6, 6.07) is -6.67. The average Bonchev–Trinajstić information content (AvgIpc) is 2.68. The zero-order chi connectivity index (χ0) is 26.6. The molecule has 0 rings (SSSR count). The summed E-state index contributed by atoms with van der Waals surface area (Å²) in [7, 11) is 0. The van der Waals surface area contributed by atoms with E-state index < -0.39 is 104 Å². The summed E-state index contributed by atoms with van der Waals surface area (Å²) in [6.45, 7) is 0. The molecule has 6 amide bonds. The van der Waals surface area contributed by atoms with E-state index in [-0.39, 0.29) is 0 Å². The maximum atomic E-state index is 12.6. The molecule has 0 fully saturated rings. The summed E-state index contributed by atoms with van der Waals surface area (Å²) in [6.07, 6.45) is -3.19. The summed E-state index contributed by atoms with van der Waals surface area (Å²) in [5.41, 5.74) is 20.4. The van der Waals surface area contributed by atoms with Crippen molar-refractivity contribution in [2.45, 2.75) is 56.3 Å². The summed E-state index contributed by atoms with van der Waals surface area (Å²) >= 11 is 0. The predicted octanol–water partition coefficient (Wildman–Crippen LogP) is -5.66. The van der Waals surface area contributed by atoms with Crippen LogP contribution in [0.1, 0.15) is 32.1 Å². The highest BCUT2D eigenvalue weighted by atomic mass is 16.4. The van der Waals surface area contributed by atoms with Gasteiger partial charge < -0.3 is 49.1 Å². The van der Waals surface area contributed by atoms with Gasteiger partial charge in [-0.2, -0.15) is 0 Å². The number of hydrogen-bond acceptors (Lipinski definition) is 9. The van der Waals surface area contributed by atoms with E-state index >= 15 is 0 Å². The summed E-state index contributed by atoms with van der Waals surface area (Å²) < 4.78 is 0. The Morgan fingerprint density at radius 3 is 1.38 bits per heavy atom. The van der Waals surface area contributed by atoms with Gasteiger partial charge in [0.05, 0.1) is 25.3 Å². The molecule has 0 aliphatic rings. The van der Waals surface area contributed by atoms with Gasteiger partial charge >= 0.3 is 11.9 Å². The van der Waals surface area contributed by atoms with Crippen LogP contribution in [-0.2, 0) is 38.4 Å². The number of primary amides is 3. The fourth-order valence-corrected chi connectivity index (χ4v) is 2.47. The van der Waals surface area contributed by atoms with E-state index in [4.69, 9.17) is 28.0 Å². The molecule has 4 atom stereocenters. The van der Waals surface area contributed by atoms with Crippen molar-refractivity contribution in [2.24, 2.45) is 22.9 Å². The van der Waals surface area contributed by atoms with Crippen molar-refractivity contribution in [2.75, 3.05) is 0 Å². The molecule has 0 aromatic rings. The van der Waals surface area contributed by atoms with E-state index in [1.165, 1.54) is 0 Å². The Morgan fingerprint density at radius 2 is 1.03 bits per heavy atom. The quantitative estimate of drug-likeness (QED) is 0.0983. The minimum Gasteiger partial charge on any atom is -0.481 e. The van der Waals surface area contributed by atoms with Gasteiger partial charge in [-0.05, 0) is 6.42 Å². The Morgan fingerprint density at radius 1 is 0.618 bits per heavy atom. The highest BCUT2D eigenvalue weighted by Crippen LogP contribution is 2.03. The normalized spacial score (nSPS) is 13.9. The van der Waals surface area contributed by atoms with Crippen LogP contribution >= 0.6 is 0 Å². The molecular weight excluding hydrogens is 462 g/mol. The highest BCUT2D eigenvalue weighted by Gasteiger charge is 2.32. The van der Waals surface area contributed by atoms with Gasteiger partial charge in [0, 0.05) is 6.42 Å². The number of nitrogens with one attached hydrogen (secondary N) is 3. The molecule has 0 saturated carbocycles. The van der Waals surface area contributed by atoms with E-state index in [1.54, 1.807) is 0 Å². The number of aliphatic carboxylic acids is 2. The Balaban J connectivity index is 5.56.